The summed E-state index contributed by atoms with van der Waals surface area (Å²) in [4.78, 5) is 48.2. The number of nitrogens with one attached hydrogen (secondary N) is 1. The lowest BCUT2D eigenvalue weighted by molar-refractivity contribution is -0.122. The normalized spacial score (nSPS) is 14.6. The van der Waals surface area contributed by atoms with Gasteiger partial charge in [0.1, 0.15) is 5.82 Å². The minimum Gasteiger partial charge on any atom is -0.350 e. The predicted molar refractivity (Wildman–Crippen MR) is 136 cm³/mol. The third-order valence-corrected chi connectivity index (χ3v) is 6.51. The lowest BCUT2D eigenvalue weighted by atomic mass is 10.0. The highest BCUT2D eigenvalue weighted by Gasteiger charge is 2.34. The van der Waals surface area contributed by atoms with E-state index in [1.807, 2.05) is 30.3 Å². The van der Waals surface area contributed by atoms with Gasteiger partial charge in [-0.1, -0.05) is 36.4 Å². The fraction of sp³-hybridized carbons (Fsp3) is 0.0741. The van der Waals surface area contributed by atoms with E-state index in [4.69, 9.17) is 0 Å². The number of aromatic nitrogens is 2. The van der Waals surface area contributed by atoms with Gasteiger partial charge < -0.3 is 5.32 Å². The molecule has 1 saturated heterocycles. The number of thioether (sulfide) groups is 1. The second-order valence-corrected chi connectivity index (χ2v) is 8.92. The van der Waals surface area contributed by atoms with Crippen LogP contribution in [0, 0.1) is 5.82 Å². The molecule has 0 spiro atoms. The van der Waals surface area contributed by atoms with Crippen molar-refractivity contribution < 1.29 is 18.8 Å². The molecule has 0 aliphatic carbocycles. The summed E-state index contributed by atoms with van der Waals surface area (Å²) >= 11 is 0.747. The molecule has 0 saturated carbocycles. The Labute approximate surface area is 210 Å². The number of nitrogens with zero attached hydrogens (tertiary/aromatic N) is 3. The molecule has 3 heterocycles. The third-order valence-electron chi connectivity index (χ3n) is 5.60. The highest BCUT2D eigenvalue weighted by Crippen LogP contribution is 2.32. The minimum atomic E-state index is -0.518. The second-order valence-electron chi connectivity index (χ2n) is 7.92. The molecule has 178 valence electrons. The van der Waals surface area contributed by atoms with E-state index < -0.39 is 17.0 Å². The summed E-state index contributed by atoms with van der Waals surface area (Å²) in [7, 11) is 0. The summed E-state index contributed by atoms with van der Waals surface area (Å²) in [6, 6.07) is 18.7. The molecule has 9 heteroatoms. The number of benzene rings is 2. The van der Waals surface area contributed by atoms with Gasteiger partial charge in [-0.05, 0) is 48.2 Å². The van der Waals surface area contributed by atoms with Crippen LogP contribution < -0.4 is 5.32 Å². The van der Waals surface area contributed by atoms with E-state index in [9.17, 15) is 18.8 Å². The fourth-order valence-corrected chi connectivity index (χ4v) is 4.68. The topological polar surface area (TPSA) is 92.3 Å². The first-order valence-corrected chi connectivity index (χ1v) is 11.9. The van der Waals surface area contributed by atoms with Crippen molar-refractivity contribution in [1.82, 2.24) is 20.2 Å². The maximum atomic E-state index is 13.9. The van der Waals surface area contributed by atoms with Gasteiger partial charge in [-0.2, -0.15) is 0 Å². The van der Waals surface area contributed by atoms with Crippen molar-refractivity contribution in [2.45, 2.75) is 0 Å². The Morgan fingerprint density at radius 2 is 1.86 bits per heavy atom. The van der Waals surface area contributed by atoms with E-state index in [-0.39, 0.29) is 29.5 Å². The van der Waals surface area contributed by atoms with Gasteiger partial charge in [0.2, 0.25) is 0 Å². The van der Waals surface area contributed by atoms with Crippen LogP contribution in [0.15, 0.2) is 84.0 Å². The number of halogens is 1. The lowest BCUT2D eigenvalue weighted by Gasteiger charge is -2.14. The van der Waals surface area contributed by atoms with Gasteiger partial charge in [0.15, 0.2) is 0 Å². The Bertz CT molecular complexity index is 1520. The minimum absolute atomic E-state index is 0.0104. The molecule has 4 aromatic rings. The maximum Gasteiger partial charge on any atom is 0.293 e. The molecular weight excluding hydrogens is 479 g/mol. The fourth-order valence-electron chi connectivity index (χ4n) is 3.83. The van der Waals surface area contributed by atoms with Crippen LogP contribution in [0.3, 0.4) is 0 Å². The first kappa shape index (κ1) is 23.4. The molecule has 0 unspecified atom stereocenters. The Hall–Kier alpha value is -4.37. The molecule has 0 radical (unpaired) electrons. The van der Waals surface area contributed by atoms with Crippen molar-refractivity contribution in [1.29, 1.82) is 0 Å². The van der Waals surface area contributed by atoms with Gasteiger partial charge in [0.25, 0.3) is 17.1 Å². The number of pyridine rings is 2. The van der Waals surface area contributed by atoms with Gasteiger partial charge in [0, 0.05) is 42.0 Å². The number of imide groups is 1. The van der Waals surface area contributed by atoms with Crippen molar-refractivity contribution in [2.24, 2.45) is 0 Å². The molecular formula is C27H19FN4O3S. The van der Waals surface area contributed by atoms with Crippen LogP contribution in [-0.2, 0) is 4.79 Å². The van der Waals surface area contributed by atoms with Crippen molar-refractivity contribution in [3.8, 4) is 11.3 Å². The predicted octanol–water partition coefficient (Wildman–Crippen LogP) is 4.90. The van der Waals surface area contributed by atoms with Crippen molar-refractivity contribution in [2.75, 3.05) is 13.1 Å². The number of amides is 3. The summed E-state index contributed by atoms with van der Waals surface area (Å²) in [6.07, 6.45) is 4.70. The molecule has 2 aromatic heterocycles. The Morgan fingerprint density at radius 1 is 1.06 bits per heavy atom. The molecule has 1 fully saturated rings. The molecule has 0 atom stereocenters. The van der Waals surface area contributed by atoms with Gasteiger partial charge in [-0.25, -0.2) is 9.37 Å². The third kappa shape index (κ3) is 4.73. The molecule has 1 N–H and O–H groups in total. The first-order valence-electron chi connectivity index (χ1n) is 11.1. The Kier molecular flexibility index (Phi) is 6.55. The Balaban J connectivity index is 1.31. The smallest absolute Gasteiger partial charge is 0.293 e. The molecule has 3 amide bonds. The zero-order chi connectivity index (χ0) is 25.1. The van der Waals surface area contributed by atoms with Gasteiger partial charge in [-0.15, -0.1) is 0 Å². The molecule has 2 aromatic carbocycles. The number of rotatable bonds is 6. The van der Waals surface area contributed by atoms with Crippen molar-refractivity contribution in [3.05, 3.63) is 101 Å². The molecule has 1 aliphatic heterocycles. The van der Waals surface area contributed by atoms with E-state index in [1.54, 1.807) is 36.7 Å². The van der Waals surface area contributed by atoms with Crippen molar-refractivity contribution in [3.63, 3.8) is 0 Å². The summed E-state index contributed by atoms with van der Waals surface area (Å²) < 4.78 is 13.9. The van der Waals surface area contributed by atoms with E-state index in [1.165, 1.54) is 18.2 Å². The van der Waals surface area contributed by atoms with Crippen LogP contribution in [-0.4, -0.2) is 45.0 Å². The van der Waals surface area contributed by atoms with E-state index in [2.05, 4.69) is 15.3 Å². The summed E-state index contributed by atoms with van der Waals surface area (Å²) in [6.45, 7) is 0.0478. The number of hydrogen-bond acceptors (Lipinski definition) is 6. The number of fused-ring (bicyclic) bond motifs is 1. The second kappa shape index (κ2) is 10.1. The van der Waals surface area contributed by atoms with Crippen LogP contribution in [0.25, 0.3) is 28.2 Å². The molecule has 5 rings (SSSR count). The van der Waals surface area contributed by atoms with Crippen LogP contribution in [0.5, 0.6) is 0 Å². The highest BCUT2D eigenvalue weighted by atomic mass is 32.2. The zero-order valence-electron chi connectivity index (χ0n) is 18.8. The maximum absolute atomic E-state index is 13.9. The average Bonchev–Trinajstić information content (AvgIpc) is 3.17. The molecule has 1 aliphatic rings. The number of para-hydroxylation sites is 1. The summed E-state index contributed by atoms with van der Waals surface area (Å²) in [5, 5.41) is 3.01. The molecule has 36 heavy (non-hydrogen) atoms. The zero-order valence-corrected chi connectivity index (χ0v) is 19.7. The van der Waals surface area contributed by atoms with Crippen LogP contribution >= 0.6 is 11.8 Å². The first-order chi connectivity index (χ1) is 17.5. The summed E-state index contributed by atoms with van der Waals surface area (Å²) in [5.74, 6) is -1.35. The highest BCUT2D eigenvalue weighted by molar-refractivity contribution is 8.18. The summed E-state index contributed by atoms with van der Waals surface area (Å²) in [5.41, 5.74) is 2.69. The van der Waals surface area contributed by atoms with Gasteiger partial charge in [-0.3, -0.25) is 24.3 Å². The molecule has 7 nitrogen and oxygen atoms in total. The van der Waals surface area contributed by atoms with E-state index >= 15 is 0 Å². The Morgan fingerprint density at radius 3 is 2.67 bits per heavy atom. The van der Waals surface area contributed by atoms with Gasteiger partial charge >= 0.3 is 0 Å². The average molecular weight is 499 g/mol. The monoisotopic (exact) mass is 498 g/mol. The number of hydrogen-bond donors (Lipinski definition) is 1. The largest absolute Gasteiger partial charge is 0.350 e. The van der Waals surface area contributed by atoms with E-state index in [0.29, 0.717) is 22.2 Å². The number of carbonyl (C=O) groups is 3. The van der Waals surface area contributed by atoms with Crippen LogP contribution in [0.4, 0.5) is 9.18 Å². The number of carbonyl (C=O) groups excluding carboxylic acids is 3. The standard InChI is InChI=1S/C27H19FN4O3S/c28-21-9-3-1-6-17(21)14-24-26(34)32(27(35)36-24)13-12-30-25(33)20-15-23(18-7-5-11-29-16-18)31-22-10-4-2-8-19(20)22/h1-11,14-16H,12-13H2,(H,30,33)/b24-14-. The van der Waals surface area contributed by atoms with Crippen LogP contribution in [0.2, 0.25) is 0 Å². The molecule has 0 bridgehead atoms. The lowest BCUT2D eigenvalue weighted by Crippen LogP contribution is -2.37. The van der Waals surface area contributed by atoms with Gasteiger partial charge in [0.05, 0.1) is 21.7 Å². The van der Waals surface area contributed by atoms with E-state index in [0.717, 1.165) is 22.2 Å². The van der Waals surface area contributed by atoms with Crippen LogP contribution in [0.1, 0.15) is 15.9 Å². The SMILES string of the molecule is O=C(NCCN1C(=O)S/C(=C\c2ccccc2F)C1=O)c1cc(-c2cccnc2)nc2ccccc12. The van der Waals surface area contributed by atoms with Crippen molar-refractivity contribution >= 4 is 45.8 Å². The quantitative estimate of drug-likeness (QED) is 0.380.